The third-order valence-electron chi connectivity index (χ3n) is 6.70. The van der Waals surface area contributed by atoms with Crippen molar-refractivity contribution < 1.29 is 14.3 Å². The van der Waals surface area contributed by atoms with Gasteiger partial charge >= 0.3 is 6.03 Å². The molecule has 2 atom stereocenters. The van der Waals surface area contributed by atoms with Crippen LogP contribution in [0, 0.1) is 5.92 Å². The smallest absolute Gasteiger partial charge is 0.326 e. The van der Waals surface area contributed by atoms with E-state index in [0.717, 1.165) is 19.4 Å². The van der Waals surface area contributed by atoms with E-state index < -0.39 is 0 Å². The van der Waals surface area contributed by atoms with Crippen LogP contribution in [0.2, 0.25) is 5.02 Å². The number of hydrogen-bond donors (Lipinski definition) is 1. The largest absolute Gasteiger partial charge is 0.497 e. The number of piperidine rings is 1. The molecule has 1 aliphatic carbocycles. The number of carbonyl (C=O) groups excluding carboxylic acids is 2. The number of fused-ring (bicyclic) bond motifs is 1. The number of rotatable bonds is 4. The van der Waals surface area contributed by atoms with Gasteiger partial charge in [-0.05, 0) is 61.9 Å². The van der Waals surface area contributed by atoms with Crippen LogP contribution in [0.15, 0.2) is 42.5 Å². The topological polar surface area (TPSA) is 61.9 Å². The van der Waals surface area contributed by atoms with Crippen LogP contribution >= 0.6 is 11.6 Å². The molecule has 6 nitrogen and oxygen atoms in total. The Morgan fingerprint density at radius 2 is 1.88 bits per heavy atom. The van der Waals surface area contributed by atoms with Crippen molar-refractivity contribution in [1.82, 2.24) is 4.90 Å². The minimum Gasteiger partial charge on any atom is -0.497 e. The number of anilines is 2. The Kier molecular flexibility index (Phi) is 6.89. The van der Waals surface area contributed by atoms with E-state index >= 15 is 0 Å². The van der Waals surface area contributed by atoms with Crippen LogP contribution in [0.4, 0.5) is 16.2 Å². The van der Waals surface area contributed by atoms with E-state index in [0.29, 0.717) is 39.7 Å². The summed E-state index contributed by atoms with van der Waals surface area (Å²) in [6.45, 7) is 0.793. The average molecular weight is 456 g/mol. The van der Waals surface area contributed by atoms with E-state index in [1.165, 1.54) is 30.6 Å². The van der Waals surface area contributed by atoms with E-state index in [1.54, 1.807) is 44.5 Å². The van der Waals surface area contributed by atoms with Gasteiger partial charge in [0.25, 0.3) is 5.91 Å². The Balaban J connectivity index is 1.47. The van der Waals surface area contributed by atoms with E-state index in [2.05, 4.69) is 5.32 Å². The highest BCUT2D eigenvalue weighted by molar-refractivity contribution is 6.34. The van der Waals surface area contributed by atoms with E-state index in [4.69, 9.17) is 16.3 Å². The lowest BCUT2D eigenvalue weighted by atomic mass is 9.78. The molecule has 2 aromatic rings. The molecule has 2 fully saturated rings. The van der Waals surface area contributed by atoms with Crippen LogP contribution in [0.3, 0.4) is 0 Å². The Morgan fingerprint density at radius 3 is 2.66 bits per heavy atom. The van der Waals surface area contributed by atoms with E-state index in [-0.39, 0.29) is 11.9 Å². The molecule has 0 bridgehead atoms. The van der Waals surface area contributed by atoms with Crippen LogP contribution in [0.1, 0.15) is 48.9 Å². The van der Waals surface area contributed by atoms with Crippen molar-refractivity contribution in [3.8, 4) is 5.75 Å². The second-order valence-corrected chi connectivity index (χ2v) is 9.05. The van der Waals surface area contributed by atoms with Crippen molar-refractivity contribution in [3.63, 3.8) is 0 Å². The first-order valence-corrected chi connectivity index (χ1v) is 11.6. The van der Waals surface area contributed by atoms with E-state index in [9.17, 15) is 9.59 Å². The molecule has 2 aliphatic rings. The number of nitrogens with zero attached hydrogens (tertiary/aromatic N) is 2. The quantitative estimate of drug-likeness (QED) is 0.632. The first-order valence-electron chi connectivity index (χ1n) is 11.3. The van der Waals surface area contributed by atoms with E-state index in [1.807, 2.05) is 17.0 Å². The zero-order chi connectivity index (χ0) is 22.7. The fraction of sp³-hybridized carbons (Fsp3) is 0.440. The molecule has 1 saturated heterocycles. The molecule has 0 unspecified atom stereocenters. The monoisotopic (exact) mass is 455 g/mol. The number of carbonyl (C=O) groups is 2. The lowest BCUT2D eigenvalue weighted by Crippen LogP contribution is -2.49. The summed E-state index contributed by atoms with van der Waals surface area (Å²) >= 11 is 6.54. The molecule has 2 aromatic carbocycles. The normalized spacial score (nSPS) is 20.3. The van der Waals surface area contributed by atoms with Crippen molar-refractivity contribution >= 4 is 34.9 Å². The summed E-state index contributed by atoms with van der Waals surface area (Å²) < 4.78 is 5.20. The van der Waals surface area contributed by atoms with Crippen molar-refractivity contribution in [2.24, 2.45) is 5.92 Å². The first-order chi connectivity index (χ1) is 15.5. The standard InChI is InChI=1S/C25H30ClN3O3/c1-28(25(31)27-18-9-5-10-20(15-18)32-2)19-12-13-21(22(26)16-19)24(30)29-14-6-8-17-7-3-4-11-23(17)29/h5,9-10,12-13,15-17,23H,3-4,6-8,11,14H2,1-2H3,(H,27,31)/t17-,23+/m0/s1. The highest BCUT2D eigenvalue weighted by Gasteiger charge is 2.36. The molecular formula is C25H30ClN3O3. The number of nitrogens with one attached hydrogen (secondary N) is 1. The van der Waals surface area contributed by atoms with Gasteiger partial charge < -0.3 is 15.0 Å². The number of likely N-dealkylation sites (tertiary alicyclic amines) is 1. The van der Waals surface area contributed by atoms with Gasteiger partial charge in [-0.25, -0.2) is 4.79 Å². The van der Waals surface area contributed by atoms with Gasteiger partial charge in [0.15, 0.2) is 0 Å². The molecule has 32 heavy (non-hydrogen) atoms. The van der Waals surface area contributed by atoms with Crippen molar-refractivity contribution in [3.05, 3.63) is 53.1 Å². The number of halogens is 1. The molecule has 1 aliphatic heterocycles. The van der Waals surface area contributed by atoms with Crippen LogP contribution in [-0.4, -0.2) is 43.6 Å². The molecule has 0 radical (unpaired) electrons. The molecule has 1 heterocycles. The van der Waals surface area contributed by atoms with Gasteiger partial charge in [-0.1, -0.05) is 30.5 Å². The fourth-order valence-electron chi connectivity index (χ4n) is 4.94. The molecule has 1 N–H and O–H groups in total. The van der Waals surface area contributed by atoms with Crippen LogP contribution in [-0.2, 0) is 0 Å². The van der Waals surface area contributed by atoms with Crippen molar-refractivity contribution in [2.45, 2.75) is 44.6 Å². The average Bonchev–Trinajstić information content (AvgIpc) is 2.82. The summed E-state index contributed by atoms with van der Waals surface area (Å²) in [5, 5.41) is 3.21. The minimum atomic E-state index is -0.311. The number of ether oxygens (including phenoxy) is 1. The third-order valence-corrected chi connectivity index (χ3v) is 7.01. The maximum atomic E-state index is 13.3. The SMILES string of the molecule is COc1cccc(NC(=O)N(C)c2ccc(C(=O)N3CCC[C@@H]4CCCC[C@H]43)c(Cl)c2)c1. The number of urea groups is 1. The molecule has 3 amide bonds. The molecule has 0 spiro atoms. The Bertz CT molecular complexity index is 994. The summed E-state index contributed by atoms with van der Waals surface area (Å²) in [5.41, 5.74) is 1.75. The molecule has 7 heteroatoms. The second-order valence-electron chi connectivity index (χ2n) is 8.64. The fourth-order valence-corrected chi connectivity index (χ4v) is 5.20. The van der Waals surface area contributed by atoms with Gasteiger partial charge in [0.1, 0.15) is 5.75 Å². The third kappa shape index (κ3) is 4.70. The van der Waals surface area contributed by atoms with Gasteiger partial charge in [-0.15, -0.1) is 0 Å². The first kappa shape index (κ1) is 22.5. The predicted molar refractivity (Wildman–Crippen MR) is 128 cm³/mol. The summed E-state index contributed by atoms with van der Waals surface area (Å²) in [4.78, 5) is 29.5. The lowest BCUT2D eigenvalue weighted by Gasteiger charge is -2.44. The second kappa shape index (κ2) is 9.82. The van der Waals surface area contributed by atoms with Crippen LogP contribution in [0.25, 0.3) is 0 Å². The Morgan fingerprint density at radius 1 is 1.09 bits per heavy atom. The predicted octanol–water partition coefficient (Wildman–Crippen LogP) is 5.81. The molecule has 1 saturated carbocycles. The van der Waals surface area contributed by atoms with Crippen LogP contribution < -0.4 is 15.0 Å². The maximum Gasteiger partial charge on any atom is 0.326 e. The number of methoxy groups -OCH3 is 1. The Hall–Kier alpha value is -2.73. The lowest BCUT2D eigenvalue weighted by molar-refractivity contribution is 0.0391. The number of amides is 3. The van der Waals surface area contributed by atoms with Gasteiger partial charge in [0.2, 0.25) is 0 Å². The summed E-state index contributed by atoms with van der Waals surface area (Å²) in [6, 6.07) is 12.4. The van der Waals surface area contributed by atoms with Gasteiger partial charge in [-0.2, -0.15) is 0 Å². The summed E-state index contributed by atoms with van der Waals surface area (Å²) in [7, 11) is 3.25. The number of benzene rings is 2. The highest BCUT2D eigenvalue weighted by Crippen LogP contribution is 2.37. The molecule has 0 aromatic heterocycles. The van der Waals surface area contributed by atoms with Gasteiger partial charge in [-0.3, -0.25) is 9.69 Å². The van der Waals surface area contributed by atoms with Crippen molar-refractivity contribution in [1.29, 1.82) is 0 Å². The highest BCUT2D eigenvalue weighted by atomic mass is 35.5. The van der Waals surface area contributed by atoms with Gasteiger partial charge in [0.05, 0.1) is 17.7 Å². The number of hydrogen-bond acceptors (Lipinski definition) is 3. The zero-order valence-corrected chi connectivity index (χ0v) is 19.4. The van der Waals surface area contributed by atoms with Crippen LogP contribution in [0.5, 0.6) is 5.75 Å². The minimum absolute atomic E-state index is 0.00151. The zero-order valence-electron chi connectivity index (χ0n) is 18.6. The maximum absolute atomic E-state index is 13.3. The van der Waals surface area contributed by atoms with Crippen molar-refractivity contribution in [2.75, 3.05) is 30.9 Å². The molecular weight excluding hydrogens is 426 g/mol. The summed E-state index contributed by atoms with van der Waals surface area (Å²) in [6.07, 6.45) is 7.02. The summed E-state index contributed by atoms with van der Waals surface area (Å²) in [5.74, 6) is 1.28. The molecule has 4 rings (SSSR count). The molecule has 170 valence electrons. The Labute approximate surface area is 194 Å². The van der Waals surface area contributed by atoms with Gasteiger partial charge in [0, 0.05) is 37.1 Å².